The van der Waals surface area contributed by atoms with E-state index in [-0.39, 0.29) is 5.69 Å². The van der Waals surface area contributed by atoms with Crippen molar-refractivity contribution in [1.82, 2.24) is 0 Å². The number of ether oxygens (including phenoxy) is 1. The highest BCUT2D eigenvalue weighted by molar-refractivity contribution is 6.06. The van der Waals surface area contributed by atoms with E-state index in [4.69, 9.17) is 5.26 Å². The molecule has 130 valence electrons. The molecule has 0 atom stereocenters. The average molecular weight is 354 g/mol. The molecule has 1 aromatic rings. The number of anilines is 1. The Morgan fingerprint density at radius 1 is 1.12 bits per heavy atom. The molecule has 1 rings (SSSR count). The number of carbonyl (C=O) groups is 1. The zero-order chi connectivity index (χ0) is 18.5. The number of halogens is 6. The normalized spacial score (nSPS) is 13.1. The predicted octanol–water partition coefficient (Wildman–Crippen LogP) is 3.43. The third kappa shape index (κ3) is 5.08. The second-order valence-corrected chi connectivity index (χ2v) is 4.19. The van der Waals surface area contributed by atoms with Gasteiger partial charge in [0.25, 0.3) is 12.0 Å². The van der Waals surface area contributed by atoms with Gasteiger partial charge in [-0.25, -0.2) is 0 Å². The largest absolute Gasteiger partial charge is 0.480 e. The second kappa shape index (κ2) is 7.12. The van der Waals surface area contributed by atoms with Gasteiger partial charge in [-0.15, -0.1) is 0 Å². The number of alkyl halides is 6. The minimum absolute atomic E-state index is 0.0891. The van der Waals surface area contributed by atoms with Gasteiger partial charge >= 0.3 is 18.3 Å². The molecule has 0 aliphatic carbocycles. The Balaban J connectivity index is 3.06. The van der Waals surface area contributed by atoms with E-state index in [0.717, 1.165) is 6.07 Å². The van der Waals surface area contributed by atoms with Crippen molar-refractivity contribution in [2.75, 3.05) is 5.32 Å². The van der Waals surface area contributed by atoms with Crippen molar-refractivity contribution < 1.29 is 41.0 Å². The van der Waals surface area contributed by atoms with Gasteiger partial charge in [-0.05, 0) is 12.1 Å². The minimum atomic E-state index is -5.91. The fourth-order valence-corrected chi connectivity index (χ4v) is 1.40. The first-order valence-corrected chi connectivity index (χ1v) is 5.96. The fraction of sp³-hybridized carbons (Fsp3) is 0.231. The highest BCUT2D eigenvalue weighted by atomic mass is 19.4. The first kappa shape index (κ1) is 19.1. The highest BCUT2D eigenvalue weighted by Crippen LogP contribution is 2.36. The van der Waals surface area contributed by atoms with Crippen LogP contribution in [0.2, 0.25) is 0 Å². The van der Waals surface area contributed by atoms with Crippen LogP contribution >= 0.6 is 0 Å². The third-order valence-electron chi connectivity index (χ3n) is 2.41. The summed E-state index contributed by atoms with van der Waals surface area (Å²) < 4.78 is 77.4. The molecule has 1 aromatic carbocycles. The van der Waals surface area contributed by atoms with Gasteiger partial charge in [0.15, 0.2) is 5.57 Å². The van der Waals surface area contributed by atoms with E-state index in [2.05, 4.69) is 4.74 Å². The molecule has 0 saturated heterocycles. The summed E-state index contributed by atoms with van der Waals surface area (Å²) in [6.07, 6.45) is -16.2. The van der Waals surface area contributed by atoms with E-state index in [1.165, 1.54) is 24.3 Å². The number of nitrogens with zero attached hydrogens (tertiary/aromatic N) is 1. The van der Waals surface area contributed by atoms with Crippen molar-refractivity contribution in [2.45, 2.75) is 18.5 Å². The van der Waals surface area contributed by atoms with Crippen molar-refractivity contribution >= 4 is 11.6 Å². The number of rotatable bonds is 4. The molecule has 0 fully saturated rings. The zero-order valence-electron chi connectivity index (χ0n) is 11.4. The van der Waals surface area contributed by atoms with Crippen molar-refractivity contribution in [3.63, 3.8) is 0 Å². The predicted molar refractivity (Wildman–Crippen MR) is 67.3 cm³/mol. The topological polar surface area (TPSA) is 82.4 Å². The maximum atomic E-state index is 12.3. The van der Waals surface area contributed by atoms with Crippen LogP contribution in [0.1, 0.15) is 0 Å². The molecule has 0 spiro atoms. The number of aliphatic hydroxyl groups is 1. The van der Waals surface area contributed by atoms with E-state index in [9.17, 15) is 36.2 Å². The summed E-state index contributed by atoms with van der Waals surface area (Å²) in [7, 11) is 0. The molecule has 24 heavy (non-hydrogen) atoms. The highest BCUT2D eigenvalue weighted by Gasteiger charge is 2.59. The number of amides is 1. The van der Waals surface area contributed by atoms with Crippen LogP contribution in [-0.2, 0) is 9.53 Å². The number of carbonyl (C=O) groups excluding carboxylic acids is 1. The number of nitrogens with one attached hydrogen (secondary N) is 1. The SMILES string of the molecule is N#C/C(C(=O)Nc1ccccc1)=C(/O)OC(C(F)(F)F)C(F)(F)F. The van der Waals surface area contributed by atoms with Gasteiger partial charge in [-0.2, -0.15) is 31.6 Å². The van der Waals surface area contributed by atoms with Gasteiger partial charge in [-0.1, -0.05) is 18.2 Å². The molecule has 11 heteroatoms. The van der Waals surface area contributed by atoms with Crippen molar-refractivity contribution in [1.29, 1.82) is 5.26 Å². The summed E-state index contributed by atoms with van der Waals surface area (Å²) in [6.45, 7) is 0. The monoisotopic (exact) mass is 354 g/mol. The number of hydrogen-bond acceptors (Lipinski definition) is 4. The quantitative estimate of drug-likeness (QED) is 0.376. The molecule has 0 aromatic heterocycles. The van der Waals surface area contributed by atoms with Crippen molar-refractivity contribution in [3.8, 4) is 6.07 Å². The number of nitriles is 1. The summed E-state index contributed by atoms with van der Waals surface area (Å²) in [5, 5.41) is 19.9. The Bertz CT molecular complexity index is 647. The van der Waals surface area contributed by atoms with Crippen LogP contribution in [0.25, 0.3) is 0 Å². The summed E-state index contributed by atoms with van der Waals surface area (Å²) in [4.78, 5) is 11.7. The smallest absolute Gasteiger partial charge is 0.434 e. The minimum Gasteiger partial charge on any atom is -0.480 e. The molecule has 0 radical (unpaired) electrons. The maximum absolute atomic E-state index is 12.3. The number of para-hydroxylation sites is 1. The summed E-state index contributed by atoms with van der Waals surface area (Å²) in [6, 6.07) is 8.14. The van der Waals surface area contributed by atoms with Crippen molar-refractivity contribution in [2.24, 2.45) is 0 Å². The average Bonchev–Trinajstić information content (AvgIpc) is 2.44. The Kier molecular flexibility index (Phi) is 5.68. The van der Waals surface area contributed by atoms with E-state index in [1.54, 1.807) is 6.07 Å². The van der Waals surface area contributed by atoms with Crippen molar-refractivity contribution in [3.05, 3.63) is 41.9 Å². The molecule has 0 unspecified atom stereocenters. The van der Waals surface area contributed by atoms with Gasteiger partial charge in [0.05, 0.1) is 0 Å². The lowest BCUT2D eigenvalue weighted by molar-refractivity contribution is -0.319. The van der Waals surface area contributed by atoms with E-state index < -0.39 is 35.9 Å². The molecule has 0 saturated carbocycles. The molecule has 0 heterocycles. The number of aliphatic hydroxyl groups excluding tert-OH is 1. The van der Waals surface area contributed by atoms with Crippen LogP contribution in [0, 0.1) is 11.3 Å². The van der Waals surface area contributed by atoms with Gasteiger partial charge in [-0.3, -0.25) is 4.79 Å². The fourth-order valence-electron chi connectivity index (χ4n) is 1.40. The van der Waals surface area contributed by atoms with Gasteiger partial charge in [0.2, 0.25) is 0 Å². The van der Waals surface area contributed by atoms with Crippen LogP contribution in [-0.4, -0.2) is 29.5 Å². The van der Waals surface area contributed by atoms with Crippen LogP contribution in [0.4, 0.5) is 32.0 Å². The summed E-state index contributed by atoms with van der Waals surface area (Å²) >= 11 is 0. The Hall–Kier alpha value is -2.90. The molecule has 0 bridgehead atoms. The van der Waals surface area contributed by atoms with E-state index in [0.29, 0.717) is 0 Å². The second-order valence-electron chi connectivity index (χ2n) is 4.19. The molecule has 5 nitrogen and oxygen atoms in total. The first-order chi connectivity index (χ1) is 11.0. The van der Waals surface area contributed by atoms with Gasteiger partial charge < -0.3 is 15.2 Å². The maximum Gasteiger partial charge on any atom is 0.434 e. The van der Waals surface area contributed by atoms with Crippen LogP contribution in [0.15, 0.2) is 41.9 Å². The Morgan fingerprint density at radius 3 is 2.04 bits per heavy atom. The third-order valence-corrected chi connectivity index (χ3v) is 2.41. The molecular weight excluding hydrogens is 346 g/mol. The standard InChI is InChI=1S/C13H8F6N2O3/c14-12(15,16)11(13(17,18)19)24-10(23)8(6-20)9(22)21-7-4-2-1-3-5-7/h1-5,11,23H,(H,21,22)/b10-8+. The number of benzene rings is 1. The zero-order valence-corrected chi connectivity index (χ0v) is 11.4. The van der Waals surface area contributed by atoms with Crippen LogP contribution in [0.3, 0.4) is 0 Å². The number of hydrogen-bond donors (Lipinski definition) is 2. The molecule has 0 aliphatic heterocycles. The van der Waals surface area contributed by atoms with Gasteiger partial charge in [0, 0.05) is 5.69 Å². The van der Waals surface area contributed by atoms with Crippen LogP contribution < -0.4 is 5.32 Å². The molecular formula is C13H8F6N2O3. The molecule has 0 aliphatic rings. The lowest BCUT2D eigenvalue weighted by atomic mass is 10.2. The first-order valence-electron chi connectivity index (χ1n) is 5.96. The van der Waals surface area contributed by atoms with E-state index >= 15 is 0 Å². The molecule has 1 amide bonds. The summed E-state index contributed by atoms with van der Waals surface area (Å²) in [5.41, 5.74) is -1.36. The van der Waals surface area contributed by atoms with Crippen LogP contribution in [0.5, 0.6) is 0 Å². The lowest BCUT2D eigenvalue weighted by Gasteiger charge is -2.23. The van der Waals surface area contributed by atoms with Gasteiger partial charge in [0.1, 0.15) is 6.07 Å². The Labute approximate surface area is 130 Å². The Morgan fingerprint density at radius 2 is 1.62 bits per heavy atom. The lowest BCUT2D eigenvalue weighted by Crippen LogP contribution is -2.44. The molecule has 2 N–H and O–H groups in total. The van der Waals surface area contributed by atoms with E-state index in [1.807, 2.05) is 5.32 Å². The summed E-state index contributed by atoms with van der Waals surface area (Å²) in [5.74, 6) is -3.53.